The Morgan fingerprint density at radius 3 is 2.72 bits per heavy atom. The van der Waals surface area contributed by atoms with Crippen LogP contribution in [0.25, 0.3) is 0 Å². The van der Waals surface area contributed by atoms with Crippen molar-refractivity contribution in [3.8, 4) is 0 Å². The maximum atomic E-state index is 11.7. The number of nitro groups is 1. The van der Waals surface area contributed by atoms with Gasteiger partial charge in [0.05, 0.1) is 6.07 Å². The third-order valence-electron chi connectivity index (χ3n) is 2.15. The first-order valence-corrected chi connectivity index (χ1v) is 5.04. The van der Waals surface area contributed by atoms with E-state index in [1.165, 1.54) is 6.07 Å². The number of carbonyl (C=O) groups is 1. The number of nitrogens with zero attached hydrogens (tertiary/aromatic N) is 2. The molecule has 18 heavy (non-hydrogen) atoms. The third-order valence-corrected chi connectivity index (χ3v) is 2.15. The molecule has 2 aromatic rings. The quantitative estimate of drug-likeness (QED) is 0.661. The molecule has 7 heteroatoms. The van der Waals surface area contributed by atoms with Gasteiger partial charge in [-0.3, -0.25) is 14.9 Å². The number of aryl methyl sites for hydroxylation is 1. The van der Waals surface area contributed by atoms with E-state index in [1.54, 1.807) is 18.3 Å². The van der Waals surface area contributed by atoms with Crippen molar-refractivity contribution >= 4 is 17.6 Å². The molecular weight excluding hydrogens is 238 g/mol. The summed E-state index contributed by atoms with van der Waals surface area (Å²) in [5.74, 6) is -0.842. The van der Waals surface area contributed by atoms with E-state index in [0.717, 1.165) is 11.6 Å². The van der Waals surface area contributed by atoms with Crippen molar-refractivity contribution in [2.24, 2.45) is 0 Å². The van der Waals surface area contributed by atoms with E-state index in [-0.39, 0.29) is 5.76 Å². The Morgan fingerprint density at radius 2 is 2.17 bits per heavy atom. The predicted octanol–water partition coefficient (Wildman–Crippen LogP) is 2.14. The summed E-state index contributed by atoms with van der Waals surface area (Å²) in [7, 11) is 0. The smallest absolute Gasteiger partial charge is 0.395 e. The van der Waals surface area contributed by atoms with Gasteiger partial charge in [-0.1, -0.05) is 6.07 Å². The lowest BCUT2D eigenvalue weighted by Gasteiger charge is -2.01. The van der Waals surface area contributed by atoms with Gasteiger partial charge in [0.2, 0.25) is 0 Å². The highest BCUT2D eigenvalue weighted by Gasteiger charge is 2.17. The second-order valence-electron chi connectivity index (χ2n) is 3.57. The van der Waals surface area contributed by atoms with Crippen molar-refractivity contribution in [3.63, 3.8) is 0 Å². The number of pyridine rings is 1. The van der Waals surface area contributed by atoms with Gasteiger partial charge in [0.25, 0.3) is 5.91 Å². The SMILES string of the molecule is Cc1ccc(NC(=O)c2ccc([N+](=O)[O-])o2)nc1. The first-order valence-electron chi connectivity index (χ1n) is 5.04. The van der Waals surface area contributed by atoms with E-state index in [2.05, 4.69) is 10.3 Å². The second-order valence-corrected chi connectivity index (χ2v) is 3.57. The number of rotatable bonds is 3. The predicted molar refractivity (Wildman–Crippen MR) is 62.3 cm³/mol. The van der Waals surface area contributed by atoms with E-state index in [0.29, 0.717) is 5.82 Å². The molecule has 0 aliphatic rings. The summed E-state index contributed by atoms with van der Waals surface area (Å²) in [5, 5.41) is 12.9. The maximum absolute atomic E-state index is 11.7. The van der Waals surface area contributed by atoms with E-state index >= 15 is 0 Å². The number of hydrogen-bond donors (Lipinski definition) is 1. The number of nitrogens with one attached hydrogen (secondary N) is 1. The molecule has 0 aromatic carbocycles. The summed E-state index contributed by atoms with van der Waals surface area (Å²) in [6.07, 6.45) is 1.60. The largest absolute Gasteiger partial charge is 0.433 e. The molecule has 0 saturated carbocycles. The van der Waals surface area contributed by atoms with Crippen molar-refractivity contribution in [2.75, 3.05) is 5.32 Å². The summed E-state index contributed by atoms with van der Waals surface area (Å²) in [6, 6.07) is 5.77. The molecule has 0 fully saturated rings. The van der Waals surface area contributed by atoms with Crippen LogP contribution in [0.5, 0.6) is 0 Å². The van der Waals surface area contributed by atoms with Crippen LogP contribution in [-0.2, 0) is 0 Å². The lowest BCUT2D eigenvalue weighted by atomic mass is 10.3. The van der Waals surface area contributed by atoms with Crippen molar-refractivity contribution in [1.82, 2.24) is 4.98 Å². The van der Waals surface area contributed by atoms with E-state index in [4.69, 9.17) is 4.42 Å². The summed E-state index contributed by atoms with van der Waals surface area (Å²) >= 11 is 0. The highest BCUT2D eigenvalue weighted by Crippen LogP contribution is 2.16. The van der Waals surface area contributed by atoms with Gasteiger partial charge in [-0.15, -0.1) is 0 Å². The summed E-state index contributed by atoms with van der Waals surface area (Å²) in [6.45, 7) is 1.87. The van der Waals surface area contributed by atoms with Crippen molar-refractivity contribution in [2.45, 2.75) is 6.92 Å². The standard InChI is InChI=1S/C11H9N3O4/c1-7-2-4-9(12-6-7)13-11(15)8-3-5-10(18-8)14(16)17/h2-6H,1H3,(H,12,13,15). The van der Waals surface area contributed by atoms with Crippen LogP contribution >= 0.6 is 0 Å². The van der Waals surface area contributed by atoms with Gasteiger partial charge in [0, 0.05) is 6.20 Å². The fourth-order valence-electron chi connectivity index (χ4n) is 1.27. The molecule has 0 aliphatic heterocycles. The fraction of sp³-hybridized carbons (Fsp3) is 0.0909. The molecule has 0 atom stereocenters. The minimum atomic E-state index is -0.707. The molecule has 92 valence electrons. The van der Waals surface area contributed by atoms with Gasteiger partial charge in [-0.2, -0.15) is 0 Å². The van der Waals surface area contributed by atoms with E-state index in [9.17, 15) is 14.9 Å². The van der Waals surface area contributed by atoms with Crippen LogP contribution in [0.3, 0.4) is 0 Å². The van der Waals surface area contributed by atoms with Gasteiger partial charge in [0.1, 0.15) is 10.7 Å². The van der Waals surface area contributed by atoms with Gasteiger partial charge in [-0.05, 0) is 24.6 Å². The Morgan fingerprint density at radius 1 is 1.39 bits per heavy atom. The normalized spacial score (nSPS) is 10.1. The molecule has 2 aromatic heterocycles. The molecule has 0 unspecified atom stereocenters. The molecule has 0 bridgehead atoms. The molecule has 2 heterocycles. The minimum absolute atomic E-state index is 0.135. The lowest BCUT2D eigenvalue weighted by molar-refractivity contribution is -0.402. The highest BCUT2D eigenvalue weighted by molar-refractivity contribution is 6.01. The molecule has 0 saturated heterocycles. The van der Waals surface area contributed by atoms with Crippen LogP contribution in [0.1, 0.15) is 16.1 Å². The van der Waals surface area contributed by atoms with E-state index in [1.807, 2.05) is 6.92 Å². The van der Waals surface area contributed by atoms with Crippen LogP contribution in [-0.4, -0.2) is 15.8 Å². The van der Waals surface area contributed by atoms with E-state index < -0.39 is 16.7 Å². The monoisotopic (exact) mass is 247 g/mol. The molecule has 0 spiro atoms. The Kier molecular flexibility index (Phi) is 3.05. The lowest BCUT2D eigenvalue weighted by Crippen LogP contribution is -2.11. The van der Waals surface area contributed by atoms with Crippen LogP contribution in [0.4, 0.5) is 11.7 Å². The molecular formula is C11H9N3O4. The molecule has 0 radical (unpaired) electrons. The van der Waals surface area contributed by atoms with Crippen molar-refractivity contribution < 1.29 is 14.1 Å². The number of amides is 1. The fourth-order valence-corrected chi connectivity index (χ4v) is 1.27. The molecule has 2 rings (SSSR count). The van der Waals surface area contributed by atoms with Gasteiger partial charge >= 0.3 is 5.88 Å². The van der Waals surface area contributed by atoms with Crippen LogP contribution in [0.15, 0.2) is 34.9 Å². The minimum Gasteiger partial charge on any atom is -0.395 e. The Hall–Kier alpha value is -2.70. The number of anilines is 1. The molecule has 7 nitrogen and oxygen atoms in total. The average molecular weight is 247 g/mol. The maximum Gasteiger partial charge on any atom is 0.433 e. The van der Waals surface area contributed by atoms with Crippen molar-refractivity contribution in [1.29, 1.82) is 0 Å². The zero-order valence-electron chi connectivity index (χ0n) is 9.41. The summed E-state index contributed by atoms with van der Waals surface area (Å²) in [5.41, 5.74) is 0.960. The van der Waals surface area contributed by atoms with Gasteiger partial charge < -0.3 is 9.73 Å². The Labute approximate surface area is 102 Å². The van der Waals surface area contributed by atoms with Crippen molar-refractivity contribution in [3.05, 3.63) is 51.9 Å². The highest BCUT2D eigenvalue weighted by atomic mass is 16.6. The molecule has 1 N–H and O–H groups in total. The topological polar surface area (TPSA) is 98.3 Å². The zero-order valence-corrected chi connectivity index (χ0v) is 9.41. The number of hydrogen-bond acceptors (Lipinski definition) is 5. The number of carbonyl (C=O) groups excluding carboxylic acids is 1. The summed E-state index contributed by atoms with van der Waals surface area (Å²) in [4.78, 5) is 25.3. The average Bonchev–Trinajstić information content (AvgIpc) is 2.81. The summed E-state index contributed by atoms with van der Waals surface area (Å²) < 4.78 is 4.76. The Bertz CT molecular complexity index is 589. The van der Waals surface area contributed by atoms with Gasteiger partial charge in [0.15, 0.2) is 5.76 Å². The number of furan rings is 1. The molecule has 1 amide bonds. The van der Waals surface area contributed by atoms with Gasteiger partial charge in [-0.25, -0.2) is 4.98 Å². The van der Waals surface area contributed by atoms with Crippen LogP contribution in [0, 0.1) is 17.0 Å². The first kappa shape index (κ1) is 11.8. The first-order chi connectivity index (χ1) is 8.56. The molecule has 0 aliphatic carbocycles. The van der Waals surface area contributed by atoms with Crippen LogP contribution in [0.2, 0.25) is 0 Å². The zero-order chi connectivity index (χ0) is 13.1. The van der Waals surface area contributed by atoms with Crippen LogP contribution < -0.4 is 5.32 Å². The third kappa shape index (κ3) is 2.51. The second kappa shape index (κ2) is 4.66. The Balaban J connectivity index is 2.11. The number of aromatic nitrogens is 1.